The second-order valence-corrected chi connectivity index (χ2v) is 6.86. The van der Waals surface area contributed by atoms with Gasteiger partial charge in [0.1, 0.15) is 5.82 Å². The monoisotopic (exact) mass is 396 g/mol. The fourth-order valence-corrected chi connectivity index (χ4v) is 3.68. The smallest absolute Gasteiger partial charge is 0.229 e. The van der Waals surface area contributed by atoms with Crippen molar-refractivity contribution in [3.8, 4) is 11.1 Å². The second-order valence-electron chi connectivity index (χ2n) is 6.86. The minimum Gasteiger partial charge on any atom is -0.326 e. The van der Waals surface area contributed by atoms with Crippen molar-refractivity contribution in [2.45, 2.75) is 5.92 Å². The molecule has 2 N–H and O–H groups in total. The van der Waals surface area contributed by atoms with Crippen molar-refractivity contribution in [2.75, 3.05) is 18.4 Å². The van der Waals surface area contributed by atoms with Gasteiger partial charge >= 0.3 is 0 Å². The molecule has 3 nitrogen and oxygen atoms in total. The first-order valence-electron chi connectivity index (χ1n) is 9.13. The minimum atomic E-state index is -0.269. The summed E-state index contributed by atoms with van der Waals surface area (Å²) >= 11 is 0. The molecule has 0 saturated carbocycles. The molecular weight excluding hydrogens is 375 g/mol. The summed E-state index contributed by atoms with van der Waals surface area (Å²) < 4.78 is 13.6. The fourth-order valence-electron chi connectivity index (χ4n) is 3.68. The highest BCUT2D eigenvalue weighted by molar-refractivity contribution is 5.94. The molecule has 3 aromatic carbocycles. The summed E-state index contributed by atoms with van der Waals surface area (Å²) in [6.45, 7) is 1.26. The Bertz CT molecular complexity index is 948. The van der Waals surface area contributed by atoms with Crippen LogP contribution in [-0.2, 0) is 4.79 Å². The average molecular weight is 397 g/mol. The summed E-state index contributed by atoms with van der Waals surface area (Å²) in [5.74, 6) is -0.571. The number of halogens is 2. The van der Waals surface area contributed by atoms with Gasteiger partial charge in [0.15, 0.2) is 0 Å². The molecule has 0 spiro atoms. The Hall–Kier alpha value is -2.69. The Kier molecular flexibility index (Phi) is 6.45. The lowest BCUT2D eigenvalue weighted by Gasteiger charge is -2.19. The van der Waals surface area contributed by atoms with Gasteiger partial charge in [-0.05, 0) is 41.0 Å². The summed E-state index contributed by atoms with van der Waals surface area (Å²) in [4.78, 5) is 12.9. The van der Waals surface area contributed by atoms with E-state index in [1.165, 1.54) is 12.1 Å². The number of amides is 1. The lowest BCUT2D eigenvalue weighted by Crippen LogP contribution is -2.28. The van der Waals surface area contributed by atoms with Crippen molar-refractivity contribution in [3.63, 3.8) is 0 Å². The van der Waals surface area contributed by atoms with E-state index >= 15 is 0 Å². The molecule has 28 heavy (non-hydrogen) atoms. The molecule has 1 saturated heterocycles. The van der Waals surface area contributed by atoms with Gasteiger partial charge in [0.05, 0.1) is 5.92 Å². The highest BCUT2D eigenvalue weighted by Gasteiger charge is 2.34. The molecule has 0 bridgehead atoms. The SMILES string of the molecule is Cl.O=C(Nc1cccc(-c2ccccc2)c1)C1CNCC1c1cccc(F)c1. The molecule has 0 aromatic heterocycles. The van der Waals surface area contributed by atoms with Crippen LogP contribution in [0, 0.1) is 11.7 Å². The first-order chi connectivity index (χ1) is 13.2. The second kappa shape index (κ2) is 9.00. The van der Waals surface area contributed by atoms with Crippen LogP contribution in [0.5, 0.6) is 0 Å². The maximum atomic E-state index is 13.6. The molecule has 5 heteroatoms. The number of nitrogens with one attached hydrogen (secondary N) is 2. The molecule has 1 heterocycles. The lowest BCUT2D eigenvalue weighted by atomic mass is 9.88. The van der Waals surface area contributed by atoms with Crippen LogP contribution in [0.4, 0.5) is 10.1 Å². The van der Waals surface area contributed by atoms with Crippen LogP contribution in [0.3, 0.4) is 0 Å². The van der Waals surface area contributed by atoms with Crippen molar-refractivity contribution < 1.29 is 9.18 Å². The first-order valence-corrected chi connectivity index (χ1v) is 9.13. The molecule has 144 valence electrons. The molecule has 0 radical (unpaired) electrons. The third kappa shape index (κ3) is 4.41. The molecule has 3 aromatic rings. The van der Waals surface area contributed by atoms with Crippen LogP contribution in [0.1, 0.15) is 11.5 Å². The van der Waals surface area contributed by atoms with E-state index in [4.69, 9.17) is 0 Å². The highest BCUT2D eigenvalue weighted by Crippen LogP contribution is 2.30. The van der Waals surface area contributed by atoms with Crippen molar-refractivity contribution >= 4 is 24.0 Å². The van der Waals surface area contributed by atoms with E-state index in [0.29, 0.717) is 13.1 Å². The molecule has 2 unspecified atom stereocenters. The predicted octanol–water partition coefficient (Wildman–Crippen LogP) is 4.86. The molecule has 4 rings (SSSR count). The summed E-state index contributed by atoms with van der Waals surface area (Å²) in [5.41, 5.74) is 3.79. The van der Waals surface area contributed by atoms with E-state index in [-0.39, 0.29) is 36.0 Å². The number of anilines is 1. The maximum Gasteiger partial charge on any atom is 0.229 e. The molecule has 1 amide bonds. The Labute approximate surface area is 170 Å². The number of carbonyl (C=O) groups is 1. The van der Waals surface area contributed by atoms with E-state index in [0.717, 1.165) is 22.4 Å². The molecule has 2 atom stereocenters. The zero-order valence-electron chi connectivity index (χ0n) is 15.3. The van der Waals surface area contributed by atoms with Gasteiger partial charge in [0, 0.05) is 24.7 Å². The molecule has 1 aliphatic heterocycles. The van der Waals surface area contributed by atoms with Crippen molar-refractivity contribution in [2.24, 2.45) is 5.92 Å². The number of benzene rings is 3. The summed E-state index contributed by atoms with van der Waals surface area (Å²) in [7, 11) is 0. The third-order valence-electron chi connectivity index (χ3n) is 5.07. The van der Waals surface area contributed by atoms with E-state index in [1.807, 2.05) is 60.7 Å². The number of rotatable bonds is 4. The van der Waals surface area contributed by atoms with E-state index in [1.54, 1.807) is 6.07 Å². The Morgan fingerprint density at radius 3 is 2.43 bits per heavy atom. The van der Waals surface area contributed by atoms with E-state index < -0.39 is 0 Å². The summed E-state index contributed by atoms with van der Waals surface area (Å²) in [6, 6.07) is 24.4. The van der Waals surface area contributed by atoms with Gasteiger partial charge in [-0.25, -0.2) is 4.39 Å². The fraction of sp³-hybridized carbons (Fsp3) is 0.174. The topological polar surface area (TPSA) is 41.1 Å². The van der Waals surface area contributed by atoms with Gasteiger partial charge in [-0.1, -0.05) is 54.6 Å². The van der Waals surface area contributed by atoms with Gasteiger partial charge in [-0.2, -0.15) is 0 Å². The van der Waals surface area contributed by atoms with Crippen LogP contribution in [0.25, 0.3) is 11.1 Å². The van der Waals surface area contributed by atoms with Crippen LogP contribution >= 0.6 is 12.4 Å². The number of hydrogen-bond acceptors (Lipinski definition) is 2. The van der Waals surface area contributed by atoms with Crippen LogP contribution in [0.15, 0.2) is 78.9 Å². The number of hydrogen-bond donors (Lipinski definition) is 2. The summed E-state index contributed by atoms with van der Waals surface area (Å²) in [6.07, 6.45) is 0. The highest BCUT2D eigenvalue weighted by atomic mass is 35.5. The van der Waals surface area contributed by atoms with Crippen LogP contribution < -0.4 is 10.6 Å². The van der Waals surface area contributed by atoms with Gasteiger partial charge in [-0.3, -0.25) is 4.79 Å². The Morgan fingerprint density at radius 2 is 1.64 bits per heavy atom. The zero-order chi connectivity index (χ0) is 18.6. The van der Waals surface area contributed by atoms with Crippen LogP contribution in [0.2, 0.25) is 0 Å². The standard InChI is InChI=1S/C23H21FN2O.ClH/c24-19-10-4-9-18(12-19)21-14-25-15-22(21)23(27)26-20-11-5-8-17(13-20)16-6-2-1-3-7-16;/h1-13,21-22,25H,14-15H2,(H,26,27);1H. The maximum absolute atomic E-state index is 13.6. The normalized spacial score (nSPS) is 18.3. The zero-order valence-corrected chi connectivity index (χ0v) is 16.1. The van der Waals surface area contributed by atoms with E-state index in [9.17, 15) is 9.18 Å². The van der Waals surface area contributed by atoms with Gasteiger partial charge in [-0.15, -0.1) is 12.4 Å². The Morgan fingerprint density at radius 1 is 0.893 bits per heavy atom. The van der Waals surface area contributed by atoms with Crippen molar-refractivity contribution in [1.82, 2.24) is 5.32 Å². The molecular formula is C23H22ClFN2O. The van der Waals surface area contributed by atoms with Gasteiger partial charge in [0.25, 0.3) is 0 Å². The molecule has 0 aliphatic carbocycles. The van der Waals surface area contributed by atoms with E-state index in [2.05, 4.69) is 10.6 Å². The van der Waals surface area contributed by atoms with Gasteiger partial charge in [0.2, 0.25) is 5.91 Å². The average Bonchev–Trinajstić information content (AvgIpc) is 3.19. The third-order valence-corrected chi connectivity index (χ3v) is 5.07. The Balaban J connectivity index is 0.00000225. The summed E-state index contributed by atoms with van der Waals surface area (Å²) in [5, 5.41) is 6.30. The molecule has 1 fully saturated rings. The number of carbonyl (C=O) groups excluding carboxylic acids is 1. The van der Waals surface area contributed by atoms with Gasteiger partial charge < -0.3 is 10.6 Å². The van der Waals surface area contributed by atoms with Crippen molar-refractivity contribution in [3.05, 3.63) is 90.2 Å². The lowest BCUT2D eigenvalue weighted by molar-refractivity contribution is -0.119. The first kappa shape index (κ1) is 20.1. The quantitative estimate of drug-likeness (QED) is 0.661. The van der Waals surface area contributed by atoms with Crippen LogP contribution in [-0.4, -0.2) is 19.0 Å². The largest absolute Gasteiger partial charge is 0.326 e. The predicted molar refractivity (Wildman–Crippen MR) is 113 cm³/mol. The molecule has 1 aliphatic rings. The van der Waals surface area contributed by atoms with Crippen molar-refractivity contribution in [1.29, 1.82) is 0 Å². The minimum absolute atomic E-state index is 0.